The molecule has 1 N–H and O–H groups in total. The summed E-state index contributed by atoms with van der Waals surface area (Å²) in [5, 5.41) is 6.30. The van der Waals surface area contributed by atoms with Gasteiger partial charge in [-0.15, -0.1) is 0 Å². The van der Waals surface area contributed by atoms with Crippen LogP contribution in [0.2, 0.25) is 0 Å². The standard InChI is InChI=1S/C18H24N6O2/c1-13-5-4-6-14(11-13)15(22(2)3)17(25)23-7-9-24(10-8-23)18(26)16-19-12-20-21-16/h4-6,11-12,15H,7-10H2,1-3H3,(H,19,20,21)/t15-/m0/s1. The molecular formula is C18H24N6O2. The number of nitrogens with one attached hydrogen (secondary N) is 1. The first-order valence-electron chi connectivity index (χ1n) is 8.64. The molecule has 8 nitrogen and oxygen atoms in total. The molecule has 0 unspecified atom stereocenters. The Morgan fingerprint density at radius 1 is 1.15 bits per heavy atom. The lowest BCUT2D eigenvalue weighted by Gasteiger charge is -2.37. The SMILES string of the molecule is Cc1cccc([C@@H](C(=O)N2CCN(C(=O)c3ncn[nH]3)CC2)N(C)C)c1. The van der Waals surface area contributed by atoms with Gasteiger partial charge in [-0.1, -0.05) is 29.8 Å². The summed E-state index contributed by atoms with van der Waals surface area (Å²) in [5.74, 6) is 0.112. The van der Waals surface area contributed by atoms with Crippen LogP contribution in [0.4, 0.5) is 0 Å². The highest BCUT2D eigenvalue weighted by atomic mass is 16.2. The van der Waals surface area contributed by atoms with Crippen molar-refractivity contribution in [2.45, 2.75) is 13.0 Å². The first kappa shape index (κ1) is 18.1. The first-order chi connectivity index (χ1) is 12.5. The average Bonchev–Trinajstić information content (AvgIpc) is 3.16. The van der Waals surface area contributed by atoms with E-state index in [9.17, 15) is 9.59 Å². The highest BCUT2D eigenvalue weighted by Crippen LogP contribution is 2.23. The van der Waals surface area contributed by atoms with Gasteiger partial charge in [0.2, 0.25) is 11.7 Å². The van der Waals surface area contributed by atoms with E-state index < -0.39 is 0 Å². The number of hydrogen-bond donors (Lipinski definition) is 1. The van der Waals surface area contributed by atoms with Gasteiger partial charge in [0.25, 0.3) is 5.91 Å². The summed E-state index contributed by atoms with van der Waals surface area (Å²) >= 11 is 0. The Kier molecular flexibility index (Phi) is 5.32. The maximum absolute atomic E-state index is 13.1. The number of aryl methyl sites for hydroxylation is 1. The van der Waals surface area contributed by atoms with E-state index in [0.717, 1.165) is 11.1 Å². The van der Waals surface area contributed by atoms with Crippen LogP contribution >= 0.6 is 0 Å². The Morgan fingerprint density at radius 3 is 2.42 bits per heavy atom. The minimum Gasteiger partial charge on any atom is -0.337 e. The summed E-state index contributed by atoms with van der Waals surface area (Å²) < 4.78 is 0. The van der Waals surface area contributed by atoms with Gasteiger partial charge in [0, 0.05) is 26.2 Å². The molecule has 0 aliphatic carbocycles. The Bertz CT molecular complexity index is 766. The van der Waals surface area contributed by atoms with Gasteiger partial charge in [-0.25, -0.2) is 4.98 Å². The molecule has 1 aliphatic rings. The van der Waals surface area contributed by atoms with Gasteiger partial charge in [-0.3, -0.25) is 19.6 Å². The molecule has 8 heteroatoms. The zero-order valence-electron chi connectivity index (χ0n) is 15.3. The van der Waals surface area contributed by atoms with Crippen LogP contribution < -0.4 is 0 Å². The van der Waals surface area contributed by atoms with Gasteiger partial charge in [0.05, 0.1) is 0 Å². The highest BCUT2D eigenvalue weighted by molar-refractivity contribution is 5.90. The maximum atomic E-state index is 13.1. The van der Waals surface area contributed by atoms with Crippen LogP contribution in [0.3, 0.4) is 0 Å². The molecule has 0 spiro atoms. The van der Waals surface area contributed by atoms with Gasteiger partial charge in [-0.2, -0.15) is 5.10 Å². The van der Waals surface area contributed by atoms with E-state index in [2.05, 4.69) is 15.2 Å². The van der Waals surface area contributed by atoms with Gasteiger partial charge in [-0.05, 0) is 26.6 Å². The molecule has 0 radical (unpaired) electrons. The van der Waals surface area contributed by atoms with E-state index in [-0.39, 0.29) is 23.7 Å². The van der Waals surface area contributed by atoms with E-state index in [4.69, 9.17) is 0 Å². The van der Waals surface area contributed by atoms with Crippen LogP contribution in [0, 0.1) is 6.92 Å². The van der Waals surface area contributed by atoms with Gasteiger partial charge in [0.15, 0.2) is 0 Å². The van der Waals surface area contributed by atoms with E-state index >= 15 is 0 Å². The van der Waals surface area contributed by atoms with Crippen molar-refractivity contribution in [2.75, 3.05) is 40.3 Å². The Labute approximate surface area is 152 Å². The number of amides is 2. The molecule has 1 fully saturated rings. The highest BCUT2D eigenvalue weighted by Gasteiger charge is 2.31. The number of nitrogens with zero attached hydrogens (tertiary/aromatic N) is 5. The number of benzene rings is 1. The number of carbonyl (C=O) groups excluding carboxylic acids is 2. The summed E-state index contributed by atoms with van der Waals surface area (Å²) in [4.78, 5) is 34.8. The lowest BCUT2D eigenvalue weighted by atomic mass is 10.0. The molecule has 138 valence electrons. The van der Waals surface area contributed by atoms with Gasteiger partial charge >= 0.3 is 0 Å². The lowest BCUT2D eigenvalue weighted by Crippen LogP contribution is -2.53. The number of aromatic nitrogens is 3. The zero-order valence-corrected chi connectivity index (χ0v) is 15.3. The van der Waals surface area contributed by atoms with Crippen LogP contribution in [-0.2, 0) is 4.79 Å². The maximum Gasteiger partial charge on any atom is 0.291 e. The number of carbonyl (C=O) groups is 2. The second kappa shape index (κ2) is 7.65. The third kappa shape index (κ3) is 3.75. The fraction of sp³-hybridized carbons (Fsp3) is 0.444. The molecule has 26 heavy (non-hydrogen) atoms. The molecule has 2 amide bonds. The molecule has 1 atom stereocenters. The minimum absolute atomic E-state index is 0.0624. The summed E-state index contributed by atoms with van der Waals surface area (Å²) in [7, 11) is 3.82. The van der Waals surface area contributed by atoms with Crippen molar-refractivity contribution in [3.05, 3.63) is 47.5 Å². The number of aromatic amines is 1. The van der Waals surface area contributed by atoms with Crippen molar-refractivity contribution in [1.82, 2.24) is 29.9 Å². The molecule has 1 aromatic heterocycles. The fourth-order valence-electron chi connectivity index (χ4n) is 3.26. The predicted molar refractivity (Wildman–Crippen MR) is 96.5 cm³/mol. The van der Waals surface area contributed by atoms with Crippen LogP contribution in [0.15, 0.2) is 30.6 Å². The van der Waals surface area contributed by atoms with Crippen molar-refractivity contribution < 1.29 is 9.59 Å². The summed E-state index contributed by atoms with van der Waals surface area (Å²) in [6, 6.07) is 7.70. The third-order valence-corrected chi connectivity index (χ3v) is 4.60. The molecule has 1 aliphatic heterocycles. The molecular weight excluding hydrogens is 332 g/mol. The Hall–Kier alpha value is -2.74. The summed E-state index contributed by atoms with van der Waals surface area (Å²) in [6.07, 6.45) is 1.32. The van der Waals surface area contributed by atoms with Crippen molar-refractivity contribution in [3.8, 4) is 0 Å². The normalized spacial score (nSPS) is 16.0. The first-order valence-corrected chi connectivity index (χ1v) is 8.64. The number of hydrogen-bond acceptors (Lipinski definition) is 5. The number of rotatable bonds is 4. The van der Waals surface area contributed by atoms with Crippen molar-refractivity contribution in [2.24, 2.45) is 0 Å². The molecule has 3 rings (SSSR count). The second-order valence-electron chi connectivity index (χ2n) is 6.73. The number of likely N-dealkylation sites (N-methyl/N-ethyl adjacent to an activating group) is 1. The van der Waals surface area contributed by atoms with Crippen LogP contribution in [0.1, 0.15) is 27.8 Å². The average molecular weight is 356 g/mol. The van der Waals surface area contributed by atoms with Gasteiger partial charge in [0.1, 0.15) is 12.4 Å². The fourth-order valence-corrected chi connectivity index (χ4v) is 3.26. The minimum atomic E-state index is -0.327. The molecule has 0 saturated carbocycles. The molecule has 1 saturated heterocycles. The van der Waals surface area contributed by atoms with Crippen molar-refractivity contribution in [3.63, 3.8) is 0 Å². The molecule has 1 aromatic carbocycles. The van der Waals surface area contributed by atoms with E-state index in [0.29, 0.717) is 26.2 Å². The Morgan fingerprint density at radius 2 is 1.85 bits per heavy atom. The number of piperazine rings is 1. The van der Waals surface area contributed by atoms with Crippen molar-refractivity contribution in [1.29, 1.82) is 0 Å². The molecule has 2 heterocycles. The zero-order chi connectivity index (χ0) is 18.7. The van der Waals surface area contributed by atoms with E-state index in [1.165, 1.54) is 6.33 Å². The smallest absolute Gasteiger partial charge is 0.291 e. The van der Waals surface area contributed by atoms with Crippen LogP contribution in [0.25, 0.3) is 0 Å². The second-order valence-corrected chi connectivity index (χ2v) is 6.73. The van der Waals surface area contributed by atoms with Crippen LogP contribution in [-0.4, -0.2) is 82.0 Å². The lowest BCUT2D eigenvalue weighted by molar-refractivity contribution is -0.137. The monoisotopic (exact) mass is 356 g/mol. The summed E-state index contributed by atoms with van der Waals surface area (Å²) in [5.41, 5.74) is 2.12. The number of H-pyrrole nitrogens is 1. The van der Waals surface area contributed by atoms with E-state index in [1.54, 1.807) is 4.90 Å². The topological polar surface area (TPSA) is 85.4 Å². The van der Waals surface area contributed by atoms with Crippen LogP contribution in [0.5, 0.6) is 0 Å². The predicted octanol–water partition coefficient (Wildman–Crippen LogP) is 0.700. The Balaban J connectivity index is 1.67. The van der Waals surface area contributed by atoms with Crippen molar-refractivity contribution >= 4 is 11.8 Å². The molecule has 2 aromatic rings. The molecule has 0 bridgehead atoms. The quantitative estimate of drug-likeness (QED) is 0.872. The largest absolute Gasteiger partial charge is 0.337 e. The van der Waals surface area contributed by atoms with E-state index in [1.807, 2.05) is 55.1 Å². The summed E-state index contributed by atoms with van der Waals surface area (Å²) in [6.45, 7) is 4.01. The van der Waals surface area contributed by atoms with Gasteiger partial charge < -0.3 is 9.80 Å². The third-order valence-electron chi connectivity index (χ3n) is 4.60.